The second-order valence-electron chi connectivity index (χ2n) is 9.12. The number of hydrogen-bond donors (Lipinski definition) is 0. The zero-order valence-corrected chi connectivity index (χ0v) is 23.3. The molecule has 2 heterocycles. The topological polar surface area (TPSA) is 69.0 Å². The standard InChI is InChI=1S/C33H26N4O3S/c1-39-28-17-13-25(14-18-28)34-33-37(27-15-19-29(40-2)20-16-27)32(38)30(41-33)21-24-22-36(26-11-7-4-8-12-26)35-31(24)23-9-5-3-6-10-23/h3-22H,1-2H3/b30-21-,34-33?. The Morgan fingerprint density at radius 1 is 0.756 bits per heavy atom. The van der Waals surface area contributed by atoms with Gasteiger partial charge in [0.05, 0.1) is 41.9 Å². The third-order valence-electron chi connectivity index (χ3n) is 6.53. The molecule has 4 aromatic carbocycles. The van der Waals surface area contributed by atoms with E-state index in [1.807, 2.05) is 126 Å². The van der Waals surface area contributed by atoms with Crippen molar-refractivity contribution >= 4 is 40.3 Å². The minimum Gasteiger partial charge on any atom is -0.497 e. The molecule has 202 valence electrons. The second-order valence-corrected chi connectivity index (χ2v) is 10.1. The van der Waals surface area contributed by atoms with Crippen LogP contribution in [0.3, 0.4) is 0 Å². The van der Waals surface area contributed by atoms with Gasteiger partial charge in [0, 0.05) is 17.3 Å². The van der Waals surface area contributed by atoms with Gasteiger partial charge in [-0.25, -0.2) is 9.67 Å². The number of carbonyl (C=O) groups is 1. The molecule has 0 radical (unpaired) electrons. The minimum absolute atomic E-state index is 0.168. The van der Waals surface area contributed by atoms with Gasteiger partial charge in [-0.3, -0.25) is 9.69 Å². The highest BCUT2D eigenvalue weighted by molar-refractivity contribution is 8.19. The molecule has 8 heteroatoms. The molecule has 0 bridgehead atoms. The summed E-state index contributed by atoms with van der Waals surface area (Å²) in [4.78, 5) is 21.0. The third kappa shape index (κ3) is 5.50. The van der Waals surface area contributed by atoms with Crippen molar-refractivity contribution in [1.82, 2.24) is 9.78 Å². The first-order chi connectivity index (χ1) is 20.1. The summed E-state index contributed by atoms with van der Waals surface area (Å²) >= 11 is 1.33. The Kier molecular flexibility index (Phi) is 7.38. The normalized spacial score (nSPS) is 15.1. The Labute approximate surface area is 242 Å². The predicted molar refractivity (Wildman–Crippen MR) is 165 cm³/mol. The molecule has 1 aromatic heterocycles. The van der Waals surface area contributed by atoms with Gasteiger partial charge < -0.3 is 9.47 Å². The summed E-state index contributed by atoms with van der Waals surface area (Å²) in [5.74, 6) is 1.28. The first-order valence-corrected chi connectivity index (χ1v) is 13.8. The molecule has 0 N–H and O–H groups in total. The summed E-state index contributed by atoms with van der Waals surface area (Å²) < 4.78 is 12.5. The SMILES string of the molecule is COc1ccc(N=C2S/C(=C\c3cn(-c4ccccc4)nc3-c3ccccc3)C(=O)N2c2ccc(OC)cc2)cc1. The van der Waals surface area contributed by atoms with Crippen LogP contribution in [0.5, 0.6) is 11.5 Å². The largest absolute Gasteiger partial charge is 0.497 e. The summed E-state index contributed by atoms with van der Waals surface area (Å²) in [6, 6.07) is 34.7. The Morgan fingerprint density at radius 3 is 2.00 bits per heavy atom. The number of ether oxygens (including phenoxy) is 2. The van der Waals surface area contributed by atoms with Crippen molar-refractivity contribution in [1.29, 1.82) is 0 Å². The van der Waals surface area contributed by atoms with Gasteiger partial charge in [0.2, 0.25) is 0 Å². The van der Waals surface area contributed by atoms with E-state index in [1.165, 1.54) is 11.8 Å². The zero-order chi connectivity index (χ0) is 28.2. The van der Waals surface area contributed by atoms with Crippen molar-refractivity contribution in [3.05, 3.63) is 126 Å². The van der Waals surface area contributed by atoms with Crippen molar-refractivity contribution in [2.75, 3.05) is 19.1 Å². The first kappa shape index (κ1) is 26.2. The van der Waals surface area contributed by atoms with Crippen molar-refractivity contribution in [2.24, 2.45) is 4.99 Å². The van der Waals surface area contributed by atoms with Gasteiger partial charge in [0.1, 0.15) is 11.5 Å². The number of aromatic nitrogens is 2. The van der Waals surface area contributed by atoms with Crippen LogP contribution in [0, 0.1) is 0 Å². The van der Waals surface area contributed by atoms with E-state index in [9.17, 15) is 4.79 Å². The fraction of sp³-hybridized carbons (Fsp3) is 0.0606. The molecule has 41 heavy (non-hydrogen) atoms. The second kappa shape index (κ2) is 11.6. The van der Waals surface area contributed by atoms with Gasteiger partial charge in [-0.15, -0.1) is 0 Å². The van der Waals surface area contributed by atoms with E-state index in [4.69, 9.17) is 19.6 Å². The van der Waals surface area contributed by atoms with Crippen LogP contribution in [0.15, 0.2) is 125 Å². The number of methoxy groups -OCH3 is 2. The van der Waals surface area contributed by atoms with Crippen LogP contribution >= 0.6 is 11.8 Å². The Balaban J connectivity index is 1.45. The number of amides is 1. The highest BCUT2D eigenvalue weighted by atomic mass is 32.2. The number of hydrogen-bond acceptors (Lipinski definition) is 6. The lowest BCUT2D eigenvalue weighted by atomic mass is 10.1. The van der Waals surface area contributed by atoms with Crippen LogP contribution in [0.1, 0.15) is 5.56 Å². The molecule has 1 aliphatic heterocycles. The number of para-hydroxylation sites is 1. The fourth-order valence-corrected chi connectivity index (χ4v) is 5.43. The molecular weight excluding hydrogens is 532 g/mol. The van der Waals surface area contributed by atoms with E-state index in [2.05, 4.69) is 0 Å². The molecule has 0 saturated carbocycles. The molecular formula is C33H26N4O3S. The number of carbonyl (C=O) groups excluding carboxylic acids is 1. The predicted octanol–water partition coefficient (Wildman–Crippen LogP) is 7.37. The van der Waals surface area contributed by atoms with Crippen molar-refractivity contribution < 1.29 is 14.3 Å². The van der Waals surface area contributed by atoms with Gasteiger partial charge in [0.25, 0.3) is 5.91 Å². The van der Waals surface area contributed by atoms with E-state index in [0.29, 0.717) is 27.2 Å². The van der Waals surface area contributed by atoms with E-state index < -0.39 is 0 Å². The maximum absolute atomic E-state index is 14.0. The van der Waals surface area contributed by atoms with Gasteiger partial charge in [-0.1, -0.05) is 48.5 Å². The van der Waals surface area contributed by atoms with E-state index in [-0.39, 0.29) is 5.91 Å². The average molecular weight is 559 g/mol. The number of aliphatic imine (C=N–C) groups is 1. The summed E-state index contributed by atoms with van der Waals surface area (Å²) in [5.41, 5.74) is 4.91. The summed E-state index contributed by atoms with van der Waals surface area (Å²) in [6.45, 7) is 0. The lowest BCUT2D eigenvalue weighted by Gasteiger charge is -2.16. The maximum atomic E-state index is 14.0. The number of amidine groups is 1. The van der Waals surface area contributed by atoms with E-state index in [1.54, 1.807) is 19.1 Å². The van der Waals surface area contributed by atoms with Crippen LogP contribution in [0.2, 0.25) is 0 Å². The van der Waals surface area contributed by atoms with Crippen LogP contribution in [-0.2, 0) is 4.79 Å². The fourth-order valence-electron chi connectivity index (χ4n) is 4.44. The molecule has 0 unspecified atom stereocenters. The minimum atomic E-state index is -0.168. The zero-order valence-electron chi connectivity index (χ0n) is 22.5. The molecule has 1 amide bonds. The molecule has 0 atom stereocenters. The van der Waals surface area contributed by atoms with Crippen molar-refractivity contribution in [3.63, 3.8) is 0 Å². The van der Waals surface area contributed by atoms with Gasteiger partial charge in [-0.05, 0) is 78.5 Å². The summed E-state index contributed by atoms with van der Waals surface area (Å²) in [7, 11) is 3.24. The van der Waals surface area contributed by atoms with E-state index in [0.717, 1.165) is 28.3 Å². The third-order valence-corrected chi connectivity index (χ3v) is 7.50. The van der Waals surface area contributed by atoms with Crippen LogP contribution in [0.25, 0.3) is 23.0 Å². The Hall–Kier alpha value is -5.08. The highest BCUT2D eigenvalue weighted by Crippen LogP contribution is 2.39. The molecule has 1 aliphatic rings. The smallest absolute Gasteiger partial charge is 0.271 e. The monoisotopic (exact) mass is 558 g/mol. The first-order valence-electron chi connectivity index (χ1n) is 12.9. The van der Waals surface area contributed by atoms with Crippen LogP contribution in [-0.4, -0.2) is 35.1 Å². The highest BCUT2D eigenvalue weighted by Gasteiger charge is 2.35. The number of thioether (sulfide) groups is 1. The lowest BCUT2D eigenvalue weighted by molar-refractivity contribution is -0.113. The molecule has 1 saturated heterocycles. The van der Waals surface area contributed by atoms with Crippen molar-refractivity contribution in [2.45, 2.75) is 0 Å². The molecule has 0 aliphatic carbocycles. The molecule has 1 fully saturated rings. The summed E-state index contributed by atoms with van der Waals surface area (Å²) in [6.07, 6.45) is 3.85. The van der Waals surface area contributed by atoms with Crippen LogP contribution < -0.4 is 14.4 Å². The summed E-state index contributed by atoms with van der Waals surface area (Å²) in [5, 5.41) is 5.45. The number of nitrogens with zero attached hydrogens (tertiary/aromatic N) is 4. The number of rotatable bonds is 7. The van der Waals surface area contributed by atoms with E-state index >= 15 is 0 Å². The maximum Gasteiger partial charge on any atom is 0.271 e. The molecule has 7 nitrogen and oxygen atoms in total. The number of benzene rings is 4. The molecule has 5 aromatic rings. The molecule has 0 spiro atoms. The van der Waals surface area contributed by atoms with Gasteiger partial charge >= 0.3 is 0 Å². The van der Waals surface area contributed by atoms with Gasteiger partial charge in [0.15, 0.2) is 5.17 Å². The Bertz CT molecular complexity index is 1730. The van der Waals surface area contributed by atoms with Crippen LogP contribution in [0.4, 0.5) is 11.4 Å². The average Bonchev–Trinajstić information content (AvgIpc) is 3.59. The quantitative estimate of drug-likeness (QED) is 0.195. The lowest BCUT2D eigenvalue weighted by Crippen LogP contribution is -2.28. The molecule has 6 rings (SSSR count). The van der Waals surface area contributed by atoms with Crippen molar-refractivity contribution in [3.8, 4) is 28.4 Å². The van der Waals surface area contributed by atoms with Gasteiger partial charge in [-0.2, -0.15) is 5.10 Å². The Morgan fingerprint density at radius 2 is 1.37 bits per heavy atom. The number of anilines is 1.